The molecule has 6 nitrogen and oxygen atoms in total. The van der Waals surface area contributed by atoms with Crippen LogP contribution in [0.1, 0.15) is 23.1 Å². The maximum absolute atomic E-state index is 13.3. The molecule has 4 rings (SSSR count). The van der Waals surface area contributed by atoms with E-state index in [-0.39, 0.29) is 5.82 Å². The van der Waals surface area contributed by atoms with Gasteiger partial charge >= 0.3 is 0 Å². The van der Waals surface area contributed by atoms with Crippen LogP contribution in [0.2, 0.25) is 0 Å². The maximum Gasteiger partial charge on any atom is 0.267 e. The molecule has 0 bridgehead atoms. The molecule has 4 aromatic rings. The van der Waals surface area contributed by atoms with Crippen molar-refractivity contribution >= 4 is 11.6 Å². The van der Waals surface area contributed by atoms with Crippen LogP contribution < -0.4 is 5.73 Å². The minimum Gasteiger partial charge on any atom is -0.364 e. The quantitative estimate of drug-likeness (QED) is 0.593. The number of imidazole rings is 1. The molecule has 26 heavy (non-hydrogen) atoms. The second-order valence-corrected chi connectivity index (χ2v) is 5.94. The molecule has 0 aliphatic heterocycles. The fourth-order valence-electron chi connectivity index (χ4n) is 3.07. The van der Waals surface area contributed by atoms with Crippen molar-refractivity contribution in [2.45, 2.75) is 13.3 Å². The molecule has 3 aromatic heterocycles. The lowest BCUT2D eigenvalue weighted by Gasteiger charge is -2.07. The number of aromatic amines is 1. The van der Waals surface area contributed by atoms with Crippen molar-refractivity contribution in [1.29, 1.82) is 0 Å². The molecule has 0 saturated carbocycles. The van der Waals surface area contributed by atoms with Gasteiger partial charge in [-0.1, -0.05) is 6.92 Å². The van der Waals surface area contributed by atoms with Gasteiger partial charge in [-0.05, 0) is 42.8 Å². The lowest BCUT2D eigenvalue weighted by Crippen LogP contribution is -2.13. The smallest absolute Gasteiger partial charge is 0.267 e. The number of amides is 1. The van der Waals surface area contributed by atoms with Gasteiger partial charge in [0, 0.05) is 28.6 Å². The van der Waals surface area contributed by atoms with Gasteiger partial charge in [-0.3, -0.25) is 14.3 Å². The lowest BCUT2D eigenvalue weighted by atomic mass is 9.99. The van der Waals surface area contributed by atoms with E-state index >= 15 is 0 Å². The minimum atomic E-state index is -0.545. The Morgan fingerprint density at radius 1 is 1.19 bits per heavy atom. The molecule has 0 saturated heterocycles. The molecule has 0 spiro atoms. The highest BCUT2D eigenvalue weighted by Gasteiger charge is 2.17. The molecular weight excluding hydrogens is 333 g/mol. The van der Waals surface area contributed by atoms with Crippen LogP contribution in [0.4, 0.5) is 4.39 Å². The fraction of sp³-hybridized carbons (Fsp3) is 0.105. The number of fused-ring (bicyclic) bond motifs is 1. The van der Waals surface area contributed by atoms with E-state index in [1.807, 2.05) is 25.3 Å². The monoisotopic (exact) mass is 349 g/mol. The average Bonchev–Trinajstić information content (AvgIpc) is 3.25. The number of nitrogens with one attached hydrogen (secondary N) is 1. The third kappa shape index (κ3) is 2.54. The molecule has 1 aromatic carbocycles. The number of aromatic nitrogens is 4. The normalized spacial score (nSPS) is 11.2. The van der Waals surface area contributed by atoms with Crippen LogP contribution in [0.5, 0.6) is 0 Å². The van der Waals surface area contributed by atoms with Crippen LogP contribution in [0.25, 0.3) is 28.0 Å². The van der Waals surface area contributed by atoms with E-state index in [1.165, 1.54) is 18.3 Å². The Bertz CT molecular complexity index is 1110. The predicted octanol–water partition coefficient (Wildman–Crippen LogP) is 3.19. The Balaban J connectivity index is 1.93. The number of carbonyl (C=O) groups excluding carboxylic acids is 1. The number of aryl methyl sites for hydroxylation is 1. The Kier molecular flexibility index (Phi) is 3.76. The van der Waals surface area contributed by atoms with Gasteiger partial charge in [0.15, 0.2) is 0 Å². The summed E-state index contributed by atoms with van der Waals surface area (Å²) in [7, 11) is 0. The standard InChI is InChI=1S/C19H16FN5O/c1-2-14-17(18(24-23-14)11-3-6-13(20)7-4-11)12-5-8-16-22-9-15(19(21)26)25(16)10-12/h3-10H,2H2,1H3,(H2,21,26)(H,23,24). The summed E-state index contributed by atoms with van der Waals surface area (Å²) in [6.07, 6.45) is 4.02. The first-order valence-electron chi connectivity index (χ1n) is 8.19. The van der Waals surface area contributed by atoms with Gasteiger partial charge in [0.2, 0.25) is 0 Å². The van der Waals surface area contributed by atoms with Crippen LogP contribution in [0.3, 0.4) is 0 Å². The Morgan fingerprint density at radius 3 is 2.62 bits per heavy atom. The molecule has 0 aliphatic rings. The molecule has 0 fully saturated rings. The highest BCUT2D eigenvalue weighted by Crippen LogP contribution is 2.34. The summed E-state index contributed by atoms with van der Waals surface area (Å²) in [6.45, 7) is 2.02. The molecule has 0 radical (unpaired) electrons. The Hall–Kier alpha value is -3.48. The summed E-state index contributed by atoms with van der Waals surface area (Å²) in [5, 5.41) is 7.48. The maximum atomic E-state index is 13.3. The summed E-state index contributed by atoms with van der Waals surface area (Å²) in [5.41, 5.74) is 10.6. The largest absolute Gasteiger partial charge is 0.364 e. The first-order valence-corrected chi connectivity index (χ1v) is 8.19. The van der Waals surface area contributed by atoms with E-state index in [4.69, 9.17) is 5.73 Å². The van der Waals surface area contributed by atoms with Crippen molar-refractivity contribution in [3.05, 3.63) is 66.0 Å². The topological polar surface area (TPSA) is 89.1 Å². The van der Waals surface area contributed by atoms with Crippen LogP contribution in [0, 0.1) is 5.82 Å². The van der Waals surface area contributed by atoms with Crippen molar-refractivity contribution in [3.8, 4) is 22.4 Å². The zero-order chi connectivity index (χ0) is 18.3. The number of H-pyrrole nitrogens is 1. The summed E-state index contributed by atoms with van der Waals surface area (Å²) in [6, 6.07) is 9.94. The third-order valence-electron chi connectivity index (χ3n) is 4.36. The Morgan fingerprint density at radius 2 is 1.92 bits per heavy atom. The van der Waals surface area contributed by atoms with Crippen LogP contribution in [0.15, 0.2) is 48.8 Å². The minimum absolute atomic E-state index is 0.299. The van der Waals surface area contributed by atoms with E-state index in [9.17, 15) is 9.18 Å². The molecule has 130 valence electrons. The fourth-order valence-corrected chi connectivity index (χ4v) is 3.07. The first-order chi connectivity index (χ1) is 12.6. The zero-order valence-corrected chi connectivity index (χ0v) is 14.0. The molecule has 0 aliphatic carbocycles. The number of carbonyl (C=O) groups is 1. The van der Waals surface area contributed by atoms with E-state index in [0.717, 1.165) is 34.5 Å². The van der Waals surface area contributed by atoms with Gasteiger partial charge in [-0.15, -0.1) is 0 Å². The number of hydrogen-bond donors (Lipinski definition) is 2. The van der Waals surface area contributed by atoms with Crippen molar-refractivity contribution in [2.75, 3.05) is 0 Å². The summed E-state index contributed by atoms with van der Waals surface area (Å²) < 4.78 is 14.9. The third-order valence-corrected chi connectivity index (χ3v) is 4.36. The van der Waals surface area contributed by atoms with Crippen molar-refractivity contribution in [1.82, 2.24) is 19.6 Å². The van der Waals surface area contributed by atoms with E-state index in [2.05, 4.69) is 15.2 Å². The van der Waals surface area contributed by atoms with Crippen molar-refractivity contribution < 1.29 is 9.18 Å². The molecule has 1 amide bonds. The van der Waals surface area contributed by atoms with Gasteiger partial charge in [0.1, 0.15) is 22.9 Å². The SMILES string of the molecule is CCc1[nH]nc(-c2ccc(F)cc2)c1-c1ccc2ncc(C(N)=O)n2c1. The number of pyridine rings is 1. The molecule has 0 atom stereocenters. The van der Waals surface area contributed by atoms with Gasteiger partial charge < -0.3 is 5.73 Å². The van der Waals surface area contributed by atoms with E-state index in [1.54, 1.807) is 16.5 Å². The van der Waals surface area contributed by atoms with Crippen LogP contribution in [-0.2, 0) is 6.42 Å². The molecular formula is C19H16FN5O. The highest BCUT2D eigenvalue weighted by atomic mass is 19.1. The van der Waals surface area contributed by atoms with Gasteiger partial charge in [-0.2, -0.15) is 5.10 Å². The Labute approximate surface area is 148 Å². The molecule has 3 heterocycles. The average molecular weight is 349 g/mol. The number of nitrogens with two attached hydrogens (primary N) is 1. The number of primary amides is 1. The first kappa shape index (κ1) is 16.0. The van der Waals surface area contributed by atoms with Crippen molar-refractivity contribution in [2.24, 2.45) is 5.73 Å². The summed E-state index contributed by atoms with van der Waals surface area (Å²) >= 11 is 0. The number of benzene rings is 1. The number of hydrogen-bond acceptors (Lipinski definition) is 3. The predicted molar refractivity (Wildman–Crippen MR) is 96.1 cm³/mol. The number of halogens is 1. The van der Waals surface area contributed by atoms with Crippen LogP contribution in [-0.4, -0.2) is 25.5 Å². The second-order valence-electron chi connectivity index (χ2n) is 5.94. The van der Waals surface area contributed by atoms with Gasteiger partial charge in [0.05, 0.1) is 6.20 Å². The van der Waals surface area contributed by atoms with Gasteiger partial charge in [-0.25, -0.2) is 9.37 Å². The van der Waals surface area contributed by atoms with Crippen LogP contribution >= 0.6 is 0 Å². The second kappa shape index (κ2) is 6.11. The summed E-state index contributed by atoms with van der Waals surface area (Å²) in [4.78, 5) is 15.8. The van der Waals surface area contributed by atoms with Gasteiger partial charge in [0.25, 0.3) is 5.91 Å². The molecule has 0 unspecified atom stereocenters. The number of rotatable bonds is 4. The molecule has 3 N–H and O–H groups in total. The highest BCUT2D eigenvalue weighted by molar-refractivity contribution is 5.92. The lowest BCUT2D eigenvalue weighted by molar-refractivity contribution is 0.0995. The van der Waals surface area contributed by atoms with E-state index < -0.39 is 5.91 Å². The number of nitrogens with zero attached hydrogens (tertiary/aromatic N) is 3. The zero-order valence-electron chi connectivity index (χ0n) is 14.0. The van der Waals surface area contributed by atoms with E-state index in [0.29, 0.717) is 11.3 Å². The van der Waals surface area contributed by atoms with Crippen molar-refractivity contribution in [3.63, 3.8) is 0 Å². The molecule has 7 heteroatoms. The summed E-state index contributed by atoms with van der Waals surface area (Å²) in [5.74, 6) is -0.844.